The number of hydrogen-bond donors (Lipinski definition) is 1. The Morgan fingerprint density at radius 3 is 2.63 bits per heavy atom. The molecule has 4 rings (SSSR count). The van der Waals surface area contributed by atoms with Crippen molar-refractivity contribution in [3.05, 3.63) is 42.4 Å². The highest BCUT2D eigenvalue weighted by molar-refractivity contribution is 5.78. The van der Waals surface area contributed by atoms with Crippen molar-refractivity contribution >= 4 is 17.4 Å². The van der Waals surface area contributed by atoms with E-state index in [1.165, 1.54) is 28.9 Å². The number of pyridine rings is 1. The lowest BCUT2D eigenvalue weighted by Crippen LogP contribution is -2.53. The second kappa shape index (κ2) is 7.18. The van der Waals surface area contributed by atoms with Crippen LogP contribution in [0.25, 0.3) is 17.2 Å². The van der Waals surface area contributed by atoms with Crippen molar-refractivity contribution in [3.8, 4) is 11.5 Å². The summed E-state index contributed by atoms with van der Waals surface area (Å²) < 4.78 is 69.1. The zero-order valence-corrected chi connectivity index (χ0v) is 15.2. The van der Waals surface area contributed by atoms with Gasteiger partial charge in [0.2, 0.25) is 5.91 Å². The summed E-state index contributed by atoms with van der Waals surface area (Å²) in [6.45, 7) is -0.0616. The summed E-state index contributed by atoms with van der Waals surface area (Å²) in [6.07, 6.45) is -4.98. The van der Waals surface area contributed by atoms with Gasteiger partial charge in [-0.05, 0) is 24.6 Å². The molecule has 2 N–H and O–H groups in total. The molecular weight excluding hydrogens is 411 g/mol. The molecule has 12 heteroatoms. The van der Waals surface area contributed by atoms with Crippen LogP contribution < -0.4 is 10.6 Å². The van der Waals surface area contributed by atoms with Crippen LogP contribution in [0.5, 0.6) is 0 Å². The lowest BCUT2D eigenvalue weighted by atomic mass is 9.94. The molecule has 0 saturated carbocycles. The lowest BCUT2D eigenvalue weighted by Gasteiger charge is -2.37. The summed E-state index contributed by atoms with van der Waals surface area (Å²) in [5.41, 5.74) is 4.63. The van der Waals surface area contributed by atoms with Gasteiger partial charge in [-0.1, -0.05) is 0 Å². The normalized spacial score (nSPS) is 22.4. The molecule has 3 unspecified atom stereocenters. The van der Waals surface area contributed by atoms with Crippen molar-refractivity contribution in [2.24, 2.45) is 11.7 Å². The molecule has 0 spiro atoms. The SMILES string of the molecule is NC(=O)C1C(F)CCN(c2ccnc(-c3cnc4ccc(C(F)(F)F)cn34)n2)C1F. The van der Waals surface area contributed by atoms with Gasteiger partial charge in [0.05, 0.1) is 11.8 Å². The number of carbonyl (C=O) groups is 1. The zero-order valence-electron chi connectivity index (χ0n) is 15.2. The summed E-state index contributed by atoms with van der Waals surface area (Å²) in [5, 5.41) is 0. The van der Waals surface area contributed by atoms with Crippen LogP contribution in [-0.4, -0.2) is 44.3 Å². The molecule has 3 aromatic heterocycles. The number of carbonyl (C=O) groups excluding carboxylic acids is 1. The van der Waals surface area contributed by atoms with Gasteiger partial charge in [-0.3, -0.25) is 9.20 Å². The minimum Gasteiger partial charge on any atom is -0.369 e. The molecule has 0 bridgehead atoms. The Hall–Kier alpha value is -3.31. The van der Waals surface area contributed by atoms with E-state index in [1.807, 2.05) is 0 Å². The Morgan fingerprint density at radius 1 is 1.17 bits per heavy atom. The number of halogens is 5. The first-order valence-electron chi connectivity index (χ1n) is 8.88. The first-order chi connectivity index (χ1) is 14.2. The van der Waals surface area contributed by atoms with Crippen LogP contribution >= 0.6 is 0 Å². The molecule has 1 aliphatic heterocycles. The standard InChI is InChI=1S/C18H15F5N6O/c19-10-4-6-28(15(20)14(10)16(24)30)13-3-5-25-17(27-13)11-7-26-12-2-1-9(8-29(11)12)18(21,22)23/h1-3,5,7-8,10,14-15H,4,6H2,(H2,24,30). The number of alkyl halides is 5. The van der Waals surface area contributed by atoms with Crippen molar-refractivity contribution in [1.82, 2.24) is 19.4 Å². The quantitative estimate of drug-likeness (QED) is 0.514. The number of piperidine rings is 1. The van der Waals surface area contributed by atoms with Gasteiger partial charge in [-0.2, -0.15) is 13.2 Å². The van der Waals surface area contributed by atoms with E-state index in [0.717, 1.165) is 17.2 Å². The summed E-state index contributed by atoms with van der Waals surface area (Å²) in [7, 11) is 0. The summed E-state index contributed by atoms with van der Waals surface area (Å²) >= 11 is 0. The van der Waals surface area contributed by atoms with Crippen molar-refractivity contribution in [2.75, 3.05) is 11.4 Å². The fourth-order valence-corrected chi connectivity index (χ4v) is 3.43. The summed E-state index contributed by atoms with van der Waals surface area (Å²) in [5.74, 6) is -2.71. The Bertz CT molecular complexity index is 1100. The number of anilines is 1. The Kier molecular flexibility index (Phi) is 4.79. The van der Waals surface area contributed by atoms with E-state index in [-0.39, 0.29) is 35.9 Å². The third-order valence-electron chi connectivity index (χ3n) is 4.96. The van der Waals surface area contributed by atoms with E-state index in [1.54, 1.807) is 0 Å². The number of hydrogen-bond acceptors (Lipinski definition) is 5. The van der Waals surface area contributed by atoms with E-state index < -0.39 is 36.0 Å². The second-order valence-electron chi connectivity index (χ2n) is 6.82. The van der Waals surface area contributed by atoms with E-state index in [2.05, 4.69) is 15.0 Å². The third kappa shape index (κ3) is 3.42. The maximum Gasteiger partial charge on any atom is 0.417 e. The average Bonchev–Trinajstić information content (AvgIpc) is 3.10. The van der Waals surface area contributed by atoms with Gasteiger partial charge < -0.3 is 10.6 Å². The molecule has 7 nitrogen and oxygen atoms in total. The van der Waals surface area contributed by atoms with Gasteiger partial charge >= 0.3 is 6.18 Å². The number of rotatable bonds is 3. The largest absolute Gasteiger partial charge is 0.417 e. The average molecular weight is 426 g/mol. The maximum atomic E-state index is 14.8. The third-order valence-corrected chi connectivity index (χ3v) is 4.96. The molecule has 0 aliphatic carbocycles. The highest BCUT2D eigenvalue weighted by atomic mass is 19.4. The molecule has 158 valence electrons. The molecule has 0 aromatic carbocycles. The van der Waals surface area contributed by atoms with E-state index in [0.29, 0.717) is 0 Å². The van der Waals surface area contributed by atoms with Crippen LogP contribution in [0.1, 0.15) is 12.0 Å². The number of aromatic nitrogens is 4. The van der Waals surface area contributed by atoms with Crippen molar-refractivity contribution in [2.45, 2.75) is 25.1 Å². The minimum atomic E-state index is -4.56. The van der Waals surface area contributed by atoms with Gasteiger partial charge in [-0.15, -0.1) is 0 Å². The molecular formula is C18H15F5N6O. The number of fused-ring (bicyclic) bond motifs is 1. The number of amides is 1. The lowest BCUT2D eigenvalue weighted by molar-refractivity contribution is -0.137. The molecule has 0 radical (unpaired) electrons. The van der Waals surface area contributed by atoms with Crippen molar-refractivity contribution < 1.29 is 26.7 Å². The molecule has 1 aliphatic rings. The zero-order chi connectivity index (χ0) is 21.6. The fraction of sp³-hybridized carbons (Fsp3) is 0.333. The monoisotopic (exact) mass is 426 g/mol. The van der Waals surface area contributed by atoms with Gasteiger partial charge in [0, 0.05) is 18.9 Å². The highest BCUT2D eigenvalue weighted by Gasteiger charge is 2.43. The van der Waals surface area contributed by atoms with Crippen molar-refractivity contribution in [1.29, 1.82) is 0 Å². The van der Waals surface area contributed by atoms with E-state index in [9.17, 15) is 26.7 Å². The fourth-order valence-electron chi connectivity index (χ4n) is 3.43. The summed E-state index contributed by atoms with van der Waals surface area (Å²) in [4.78, 5) is 24.8. The van der Waals surface area contributed by atoms with Crippen LogP contribution in [0.2, 0.25) is 0 Å². The van der Waals surface area contributed by atoms with Crippen LogP contribution in [0.3, 0.4) is 0 Å². The summed E-state index contributed by atoms with van der Waals surface area (Å²) in [6, 6.07) is 3.47. The van der Waals surface area contributed by atoms with Crippen LogP contribution in [-0.2, 0) is 11.0 Å². The minimum absolute atomic E-state index is 0.00970. The Labute approximate surface area is 166 Å². The molecule has 1 fully saturated rings. The van der Waals surface area contributed by atoms with Crippen LogP contribution in [0, 0.1) is 5.92 Å². The first kappa shape index (κ1) is 20.0. The van der Waals surface area contributed by atoms with Gasteiger partial charge in [0.15, 0.2) is 12.1 Å². The molecule has 1 amide bonds. The number of primary amides is 1. The molecule has 4 heterocycles. The molecule has 3 aromatic rings. The molecule has 3 atom stereocenters. The van der Waals surface area contributed by atoms with Crippen LogP contribution in [0.4, 0.5) is 27.8 Å². The first-order valence-corrected chi connectivity index (χ1v) is 8.88. The maximum absolute atomic E-state index is 14.8. The Balaban J connectivity index is 1.73. The van der Waals surface area contributed by atoms with Gasteiger partial charge in [0.25, 0.3) is 0 Å². The van der Waals surface area contributed by atoms with Gasteiger partial charge in [-0.25, -0.2) is 23.7 Å². The number of nitrogens with two attached hydrogens (primary N) is 1. The predicted molar refractivity (Wildman–Crippen MR) is 95.7 cm³/mol. The van der Waals surface area contributed by atoms with E-state index in [4.69, 9.17) is 5.73 Å². The van der Waals surface area contributed by atoms with Gasteiger partial charge in [0.1, 0.15) is 29.2 Å². The smallest absolute Gasteiger partial charge is 0.369 e. The Morgan fingerprint density at radius 2 is 1.93 bits per heavy atom. The predicted octanol–water partition coefficient (Wildman–Crippen LogP) is 2.76. The topological polar surface area (TPSA) is 89.4 Å². The highest BCUT2D eigenvalue weighted by Crippen LogP contribution is 2.32. The molecule has 30 heavy (non-hydrogen) atoms. The number of imidazole rings is 1. The van der Waals surface area contributed by atoms with Crippen LogP contribution in [0.15, 0.2) is 36.8 Å². The second-order valence-corrected chi connectivity index (χ2v) is 6.82. The van der Waals surface area contributed by atoms with E-state index >= 15 is 0 Å². The molecule has 1 saturated heterocycles. The van der Waals surface area contributed by atoms with Crippen molar-refractivity contribution in [3.63, 3.8) is 0 Å². The number of nitrogens with zero attached hydrogens (tertiary/aromatic N) is 5.